The number of halogens is 1. The Morgan fingerprint density at radius 3 is 2.89 bits per heavy atom. The number of benzene rings is 1. The summed E-state index contributed by atoms with van der Waals surface area (Å²) in [5, 5.41) is 0.813. The molecule has 2 nitrogen and oxygen atoms in total. The van der Waals surface area contributed by atoms with Crippen molar-refractivity contribution in [3.05, 3.63) is 34.9 Å². The Balaban J connectivity index is 1.96. The molecule has 0 bridgehead atoms. The van der Waals surface area contributed by atoms with E-state index in [0.29, 0.717) is 0 Å². The monoisotopic (exact) mass is 267 g/mol. The molecule has 1 aromatic carbocycles. The normalized spacial score (nSPS) is 21.4. The number of hydrogen-bond acceptors (Lipinski definition) is 2. The minimum atomic E-state index is 0.125. The molecule has 1 aliphatic rings. The Hall–Kier alpha value is -0.570. The Kier molecular flexibility index (Phi) is 5.04. The first-order valence-corrected chi connectivity index (χ1v) is 7.13. The van der Waals surface area contributed by atoms with E-state index in [1.54, 1.807) is 0 Å². The number of ether oxygens (including phenoxy) is 1. The molecule has 1 fully saturated rings. The second kappa shape index (κ2) is 6.55. The van der Waals surface area contributed by atoms with Crippen LogP contribution in [0.15, 0.2) is 24.3 Å². The zero-order valence-corrected chi connectivity index (χ0v) is 12.0. The molecule has 18 heavy (non-hydrogen) atoms. The van der Waals surface area contributed by atoms with E-state index < -0.39 is 0 Å². The first-order valence-electron chi connectivity index (χ1n) is 6.75. The van der Waals surface area contributed by atoms with E-state index in [-0.39, 0.29) is 6.10 Å². The second-order valence-corrected chi connectivity index (χ2v) is 5.77. The van der Waals surface area contributed by atoms with Gasteiger partial charge < -0.3 is 4.74 Å². The van der Waals surface area contributed by atoms with Crippen LogP contribution in [-0.2, 0) is 4.74 Å². The molecule has 0 aliphatic carbocycles. The summed E-state index contributed by atoms with van der Waals surface area (Å²) in [5.74, 6) is 0.756. The highest BCUT2D eigenvalue weighted by atomic mass is 35.5. The molecule has 1 saturated heterocycles. The maximum atomic E-state index is 6.23. The lowest BCUT2D eigenvalue weighted by molar-refractivity contribution is -0.0310. The van der Waals surface area contributed by atoms with Gasteiger partial charge in [0, 0.05) is 23.7 Å². The van der Waals surface area contributed by atoms with Crippen molar-refractivity contribution in [3.63, 3.8) is 0 Å². The van der Waals surface area contributed by atoms with Crippen molar-refractivity contribution >= 4 is 11.6 Å². The van der Waals surface area contributed by atoms with E-state index in [4.69, 9.17) is 16.3 Å². The lowest BCUT2D eigenvalue weighted by atomic mass is 10.1. The molecule has 100 valence electrons. The van der Waals surface area contributed by atoms with Gasteiger partial charge in [-0.15, -0.1) is 0 Å². The van der Waals surface area contributed by atoms with Crippen molar-refractivity contribution in [2.75, 3.05) is 26.2 Å². The van der Waals surface area contributed by atoms with Crippen LogP contribution in [0.2, 0.25) is 5.02 Å². The first-order chi connectivity index (χ1) is 8.66. The van der Waals surface area contributed by atoms with Crippen molar-refractivity contribution in [1.82, 2.24) is 4.90 Å². The number of hydrogen-bond donors (Lipinski definition) is 0. The van der Waals surface area contributed by atoms with Gasteiger partial charge in [-0.25, -0.2) is 0 Å². The Morgan fingerprint density at radius 2 is 2.17 bits per heavy atom. The second-order valence-electron chi connectivity index (χ2n) is 5.36. The fourth-order valence-corrected chi connectivity index (χ4v) is 2.53. The molecule has 3 heteroatoms. The van der Waals surface area contributed by atoms with E-state index in [1.165, 1.54) is 6.42 Å². The molecule has 0 amide bonds. The molecule has 1 heterocycles. The van der Waals surface area contributed by atoms with E-state index in [2.05, 4.69) is 24.8 Å². The third-order valence-electron chi connectivity index (χ3n) is 3.43. The first kappa shape index (κ1) is 13.9. The number of rotatable bonds is 4. The molecule has 0 aromatic heterocycles. The van der Waals surface area contributed by atoms with Crippen LogP contribution < -0.4 is 0 Å². The van der Waals surface area contributed by atoms with Gasteiger partial charge in [-0.3, -0.25) is 4.90 Å². The lowest BCUT2D eigenvalue weighted by Crippen LogP contribution is -2.39. The predicted molar refractivity (Wildman–Crippen MR) is 76.0 cm³/mol. The Labute approximate surface area is 115 Å². The van der Waals surface area contributed by atoms with E-state index in [1.807, 2.05) is 18.2 Å². The molecule has 0 radical (unpaired) electrons. The summed E-state index contributed by atoms with van der Waals surface area (Å²) >= 11 is 6.23. The highest BCUT2D eigenvalue weighted by molar-refractivity contribution is 6.31. The van der Waals surface area contributed by atoms with Gasteiger partial charge in [-0.2, -0.15) is 0 Å². The van der Waals surface area contributed by atoms with Gasteiger partial charge in [0.25, 0.3) is 0 Å². The molecule has 2 rings (SSSR count). The Bertz CT molecular complexity index is 381. The zero-order valence-electron chi connectivity index (χ0n) is 11.2. The van der Waals surface area contributed by atoms with Gasteiger partial charge in [0.15, 0.2) is 0 Å². The molecule has 1 atom stereocenters. The van der Waals surface area contributed by atoms with Crippen LogP contribution in [0.4, 0.5) is 0 Å². The molecule has 1 aromatic rings. The van der Waals surface area contributed by atoms with E-state index >= 15 is 0 Å². The SMILES string of the molecule is CC(C)CCN1CCOC(c2ccccc2Cl)C1. The summed E-state index contributed by atoms with van der Waals surface area (Å²) in [6, 6.07) is 8.00. The average molecular weight is 268 g/mol. The summed E-state index contributed by atoms with van der Waals surface area (Å²) in [4.78, 5) is 2.48. The summed E-state index contributed by atoms with van der Waals surface area (Å²) in [6.07, 6.45) is 1.37. The number of morpholine rings is 1. The predicted octanol–water partition coefficient (Wildman–Crippen LogP) is 3.76. The van der Waals surface area contributed by atoms with Gasteiger partial charge >= 0.3 is 0 Å². The van der Waals surface area contributed by atoms with Crippen LogP contribution in [0.3, 0.4) is 0 Å². The van der Waals surface area contributed by atoms with E-state index in [0.717, 1.165) is 42.7 Å². The van der Waals surface area contributed by atoms with Gasteiger partial charge in [-0.05, 0) is 24.9 Å². The highest BCUT2D eigenvalue weighted by Crippen LogP contribution is 2.28. The van der Waals surface area contributed by atoms with Crippen LogP contribution in [0.5, 0.6) is 0 Å². The molecule has 0 N–H and O–H groups in total. The van der Waals surface area contributed by atoms with Crippen molar-refractivity contribution in [3.8, 4) is 0 Å². The lowest BCUT2D eigenvalue weighted by Gasteiger charge is -2.33. The fraction of sp³-hybridized carbons (Fsp3) is 0.600. The molecule has 0 spiro atoms. The maximum absolute atomic E-state index is 6.23. The number of nitrogens with zero attached hydrogens (tertiary/aromatic N) is 1. The van der Waals surface area contributed by atoms with Gasteiger partial charge in [-0.1, -0.05) is 43.6 Å². The Morgan fingerprint density at radius 1 is 1.39 bits per heavy atom. The zero-order chi connectivity index (χ0) is 13.0. The highest BCUT2D eigenvalue weighted by Gasteiger charge is 2.23. The van der Waals surface area contributed by atoms with E-state index in [9.17, 15) is 0 Å². The third-order valence-corrected chi connectivity index (χ3v) is 3.77. The average Bonchev–Trinajstić information content (AvgIpc) is 2.37. The third kappa shape index (κ3) is 3.71. The van der Waals surface area contributed by atoms with Gasteiger partial charge in [0.05, 0.1) is 12.7 Å². The van der Waals surface area contributed by atoms with Crippen LogP contribution >= 0.6 is 11.6 Å². The standard InChI is InChI=1S/C15H22ClNO/c1-12(2)7-8-17-9-10-18-15(11-17)13-5-3-4-6-14(13)16/h3-6,12,15H,7-11H2,1-2H3. The van der Waals surface area contributed by atoms with Crippen molar-refractivity contribution in [1.29, 1.82) is 0 Å². The summed E-state index contributed by atoms with van der Waals surface area (Å²) in [6.45, 7) is 8.48. The van der Waals surface area contributed by atoms with Crippen molar-refractivity contribution in [2.24, 2.45) is 5.92 Å². The molecule has 1 unspecified atom stereocenters. The van der Waals surface area contributed by atoms with Crippen LogP contribution in [-0.4, -0.2) is 31.1 Å². The van der Waals surface area contributed by atoms with Crippen molar-refractivity contribution < 1.29 is 4.74 Å². The van der Waals surface area contributed by atoms with Gasteiger partial charge in [0.2, 0.25) is 0 Å². The molecule has 1 aliphatic heterocycles. The largest absolute Gasteiger partial charge is 0.371 e. The molecular formula is C15H22ClNO. The van der Waals surface area contributed by atoms with Crippen LogP contribution in [0, 0.1) is 5.92 Å². The summed E-state index contributed by atoms with van der Waals surface area (Å²) < 4.78 is 5.86. The summed E-state index contributed by atoms with van der Waals surface area (Å²) in [7, 11) is 0. The maximum Gasteiger partial charge on any atom is 0.0966 e. The molecule has 0 saturated carbocycles. The van der Waals surface area contributed by atoms with Gasteiger partial charge in [0.1, 0.15) is 0 Å². The minimum Gasteiger partial charge on any atom is -0.371 e. The smallest absolute Gasteiger partial charge is 0.0966 e. The molecular weight excluding hydrogens is 246 g/mol. The summed E-state index contributed by atoms with van der Waals surface area (Å²) in [5.41, 5.74) is 1.12. The minimum absolute atomic E-state index is 0.125. The van der Waals surface area contributed by atoms with Crippen LogP contribution in [0.25, 0.3) is 0 Å². The quantitative estimate of drug-likeness (QED) is 0.824. The fourth-order valence-electron chi connectivity index (χ4n) is 2.27. The van der Waals surface area contributed by atoms with Crippen molar-refractivity contribution in [2.45, 2.75) is 26.4 Å². The topological polar surface area (TPSA) is 12.5 Å². The van der Waals surface area contributed by atoms with Crippen LogP contribution in [0.1, 0.15) is 31.9 Å².